The highest BCUT2D eigenvalue weighted by Crippen LogP contribution is 2.26. The molecule has 0 bridgehead atoms. The molecule has 1 rings (SSSR count). The van der Waals surface area contributed by atoms with Gasteiger partial charge in [0.2, 0.25) is 0 Å². The summed E-state index contributed by atoms with van der Waals surface area (Å²) in [6.45, 7) is 9.44. The number of nitrogens with zero attached hydrogens (tertiary/aromatic N) is 2. The minimum atomic E-state index is 0.106. The Labute approximate surface area is 111 Å². The van der Waals surface area contributed by atoms with E-state index in [1.807, 2.05) is 33.4 Å². The van der Waals surface area contributed by atoms with Crippen molar-refractivity contribution in [1.29, 1.82) is 0 Å². The van der Waals surface area contributed by atoms with Crippen LogP contribution in [-0.2, 0) is 18.2 Å². The molecule has 104 valence electrons. The van der Waals surface area contributed by atoms with E-state index in [9.17, 15) is 0 Å². The minimum Gasteiger partial charge on any atom is -0.376 e. The van der Waals surface area contributed by atoms with E-state index < -0.39 is 0 Å². The average Bonchev–Trinajstić information content (AvgIpc) is 2.67. The number of rotatable bonds is 6. The van der Waals surface area contributed by atoms with Gasteiger partial charge in [-0.3, -0.25) is 0 Å². The van der Waals surface area contributed by atoms with Crippen LogP contribution in [0.2, 0.25) is 0 Å². The first-order valence-electron chi connectivity index (χ1n) is 6.65. The van der Waals surface area contributed by atoms with Crippen LogP contribution < -0.4 is 5.32 Å². The molecule has 1 heterocycles. The third kappa shape index (κ3) is 3.82. The summed E-state index contributed by atoms with van der Waals surface area (Å²) in [6.07, 6.45) is 4.87. The molecule has 2 unspecified atom stereocenters. The summed E-state index contributed by atoms with van der Waals surface area (Å²) in [5.74, 6) is 1.09. The molecule has 0 radical (unpaired) electrons. The molecule has 1 aromatic heterocycles. The maximum Gasteiger partial charge on any atom is 0.110 e. The molecule has 1 N–H and O–H groups in total. The van der Waals surface area contributed by atoms with Crippen LogP contribution in [0.15, 0.2) is 12.4 Å². The van der Waals surface area contributed by atoms with E-state index in [2.05, 4.69) is 35.6 Å². The lowest BCUT2D eigenvalue weighted by molar-refractivity contribution is -0.0345. The number of aromatic nitrogens is 2. The van der Waals surface area contributed by atoms with Crippen LogP contribution in [-0.4, -0.2) is 35.4 Å². The summed E-state index contributed by atoms with van der Waals surface area (Å²) in [4.78, 5) is 4.40. The first-order valence-corrected chi connectivity index (χ1v) is 6.65. The molecule has 0 spiro atoms. The fourth-order valence-corrected chi connectivity index (χ4v) is 2.30. The van der Waals surface area contributed by atoms with Gasteiger partial charge in [-0.25, -0.2) is 4.98 Å². The fourth-order valence-electron chi connectivity index (χ4n) is 2.30. The first-order chi connectivity index (χ1) is 8.40. The van der Waals surface area contributed by atoms with Gasteiger partial charge in [0.15, 0.2) is 0 Å². The highest BCUT2D eigenvalue weighted by molar-refractivity contribution is 4.98. The molecule has 4 heteroatoms. The number of hydrogen-bond donors (Lipinski definition) is 1. The van der Waals surface area contributed by atoms with Crippen LogP contribution in [0.1, 0.15) is 33.5 Å². The Balaban J connectivity index is 2.83. The molecule has 0 fully saturated rings. The Morgan fingerprint density at radius 3 is 2.50 bits per heavy atom. The van der Waals surface area contributed by atoms with Crippen molar-refractivity contribution in [2.45, 2.75) is 46.3 Å². The number of likely N-dealkylation sites (N-methyl/N-ethyl adjacent to an activating group) is 1. The Kier molecular flexibility index (Phi) is 5.35. The minimum absolute atomic E-state index is 0.106. The molecule has 18 heavy (non-hydrogen) atoms. The van der Waals surface area contributed by atoms with Crippen LogP contribution in [0.3, 0.4) is 0 Å². The Bertz CT molecular complexity index is 354. The summed E-state index contributed by atoms with van der Waals surface area (Å²) in [5, 5.41) is 3.38. The summed E-state index contributed by atoms with van der Waals surface area (Å²) < 4.78 is 8.01. The second-order valence-corrected chi connectivity index (χ2v) is 5.80. The summed E-state index contributed by atoms with van der Waals surface area (Å²) in [7, 11) is 4.02. The molecule has 0 amide bonds. The maximum atomic E-state index is 5.95. The summed E-state index contributed by atoms with van der Waals surface area (Å²) in [6, 6.07) is 0.269. The van der Waals surface area contributed by atoms with Gasteiger partial charge in [-0.2, -0.15) is 0 Å². The monoisotopic (exact) mass is 253 g/mol. The lowest BCUT2D eigenvalue weighted by Gasteiger charge is -2.36. The highest BCUT2D eigenvalue weighted by Gasteiger charge is 2.32. The van der Waals surface area contributed by atoms with Gasteiger partial charge in [-0.05, 0) is 19.4 Å². The Morgan fingerprint density at radius 1 is 1.44 bits per heavy atom. The van der Waals surface area contributed by atoms with Crippen molar-refractivity contribution in [1.82, 2.24) is 14.9 Å². The maximum absolute atomic E-state index is 5.95. The molecule has 0 saturated carbocycles. The number of aryl methyl sites for hydroxylation is 1. The molecule has 0 saturated heterocycles. The zero-order valence-electron chi connectivity index (χ0n) is 12.5. The number of imidazole rings is 1. The summed E-state index contributed by atoms with van der Waals surface area (Å²) in [5.41, 5.74) is 0.106. The average molecular weight is 253 g/mol. The SMILES string of the molecule is CCOC(C(Cc1nccn1C)NC)C(C)(C)C. The molecule has 2 atom stereocenters. The predicted octanol–water partition coefficient (Wildman–Crippen LogP) is 2.00. The van der Waals surface area contributed by atoms with Crippen LogP contribution in [0, 0.1) is 5.41 Å². The van der Waals surface area contributed by atoms with Crippen molar-refractivity contribution in [2.75, 3.05) is 13.7 Å². The van der Waals surface area contributed by atoms with Crippen molar-refractivity contribution < 1.29 is 4.74 Å². The zero-order chi connectivity index (χ0) is 13.8. The quantitative estimate of drug-likeness (QED) is 0.843. The largest absolute Gasteiger partial charge is 0.376 e. The second kappa shape index (κ2) is 6.34. The third-order valence-corrected chi connectivity index (χ3v) is 3.26. The Morgan fingerprint density at radius 2 is 2.11 bits per heavy atom. The van der Waals surface area contributed by atoms with Crippen molar-refractivity contribution >= 4 is 0 Å². The van der Waals surface area contributed by atoms with E-state index in [1.165, 1.54) is 0 Å². The topological polar surface area (TPSA) is 39.1 Å². The van der Waals surface area contributed by atoms with Gasteiger partial charge in [-0.15, -0.1) is 0 Å². The highest BCUT2D eigenvalue weighted by atomic mass is 16.5. The van der Waals surface area contributed by atoms with E-state index in [0.29, 0.717) is 0 Å². The lowest BCUT2D eigenvalue weighted by Crippen LogP contribution is -2.48. The molecular formula is C14H27N3O. The van der Waals surface area contributed by atoms with Crippen molar-refractivity contribution in [3.63, 3.8) is 0 Å². The van der Waals surface area contributed by atoms with E-state index in [0.717, 1.165) is 18.9 Å². The van der Waals surface area contributed by atoms with E-state index in [-0.39, 0.29) is 17.6 Å². The van der Waals surface area contributed by atoms with Gasteiger partial charge >= 0.3 is 0 Å². The molecular weight excluding hydrogens is 226 g/mol. The van der Waals surface area contributed by atoms with Gasteiger partial charge in [0.1, 0.15) is 5.82 Å². The van der Waals surface area contributed by atoms with Gasteiger partial charge in [-0.1, -0.05) is 20.8 Å². The van der Waals surface area contributed by atoms with E-state index >= 15 is 0 Å². The van der Waals surface area contributed by atoms with Crippen LogP contribution in [0.25, 0.3) is 0 Å². The number of ether oxygens (including phenoxy) is 1. The second-order valence-electron chi connectivity index (χ2n) is 5.80. The van der Waals surface area contributed by atoms with Gasteiger partial charge in [0, 0.05) is 38.5 Å². The standard InChI is InChI=1S/C14H27N3O/c1-7-18-13(14(2,3)4)11(15-5)10-12-16-8-9-17(12)6/h8-9,11,13,15H,7,10H2,1-6H3. The van der Waals surface area contributed by atoms with E-state index in [1.54, 1.807) is 0 Å². The first kappa shape index (κ1) is 15.2. The molecule has 0 aromatic carbocycles. The van der Waals surface area contributed by atoms with Crippen molar-refractivity contribution in [3.8, 4) is 0 Å². The molecule has 0 aliphatic rings. The molecule has 1 aromatic rings. The molecule has 0 aliphatic carbocycles. The molecule has 0 aliphatic heterocycles. The zero-order valence-corrected chi connectivity index (χ0v) is 12.5. The third-order valence-electron chi connectivity index (χ3n) is 3.26. The van der Waals surface area contributed by atoms with Gasteiger partial charge in [0.25, 0.3) is 0 Å². The smallest absolute Gasteiger partial charge is 0.110 e. The lowest BCUT2D eigenvalue weighted by atomic mass is 9.83. The molecule has 4 nitrogen and oxygen atoms in total. The van der Waals surface area contributed by atoms with Crippen molar-refractivity contribution in [3.05, 3.63) is 18.2 Å². The van der Waals surface area contributed by atoms with Crippen LogP contribution >= 0.6 is 0 Å². The normalized spacial score (nSPS) is 15.7. The predicted molar refractivity (Wildman–Crippen MR) is 74.6 cm³/mol. The van der Waals surface area contributed by atoms with Gasteiger partial charge in [0.05, 0.1) is 6.10 Å². The number of nitrogens with one attached hydrogen (secondary N) is 1. The van der Waals surface area contributed by atoms with Crippen molar-refractivity contribution in [2.24, 2.45) is 12.5 Å². The Hall–Kier alpha value is -0.870. The van der Waals surface area contributed by atoms with Crippen LogP contribution in [0.4, 0.5) is 0 Å². The number of hydrogen-bond acceptors (Lipinski definition) is 3. The van der Waals surface area contributed by atoms with Gasteiger partial charge < -0.3 is 14.6 Å². The summed E-state index contributed by atoms with van der Waals surface area (Å²) >= 11 is 0. The van der Waals surface area contributed by atoms with E-state index in [4.69, 9.17) is 4.74 Å². The van der Waals surface area contributed by atoms with Crippen LogP contribution in [0.5, 0.6) is 0 Å². The fraction of sp³-hybridized carbons (Fsp3) is 0.786.